The lowest BCUT2D eigenvalue weighted by Crippen LogP contribution is -2.14. The molecule has 4 aromatic carbocycles. The van der Waals surface area contributed by atoms with Gasteiger partial charge in [-0.1, -0.05) is 67.8 Å². The van der Waals surface area contributed by atoms with Crippen LogP contribution in [0, 0.1) is 0 Å². The van der Waals surface area contributed by atoms with E-state index in [9.17, 15) is 24.0 Å². The van der Waals surface area contributed by atoms with Crippen LogP contribution in [-0.2, 0) is 52.8 Å². The van der Waals surface area contributed by atoms with Gasteiger partial charge >= 0.3 is 29.8 Å². The molecular weight excluding hydrogens is 793 g/mol. The Balaban J connectivity index is 1.23. The van der Waals surface area contributed by atoms with E-state index in [1.807, 2.05) is 78.9 Å². The number of carbonyl (C=O) groups is 5. The average molecular weight is 849 g/mol. The lowest BCUT2D eigenvalue weighted by molar-refractivity contribution is -0.138. The normalized spacial score (nSPS) is 10.5. The average Bonchev–Trinajstić information content (AvgIpc) is 3.29. The van der Waals surface area contributed by atoms with Crippen molar-refractivity contribution >= 4 is 29.8 Å². The third-order valence-electron chi connectivity index (χ3n) is 9.36. The van der Waals surface area contributed by atoms with E-state index in [0.29, 0.717) is 39.3 Å². The van der Waals surface area contributed by atoms with E-state index in [1.165, 1.54) is 18.2 Å². The summed E-state index contributed by atoms with van der Waals surface area (Å²) in [6.45, 7) is 8.63. The van der Waals surface area contributed by atoms with E-state index in [2.05, 4.69) is 13.2 Å². The van der Waals surface area contributed by atoms with Gasteiger partial charge < -0.3 is 33.2 Å². The highest BCUT2D eigenvalue weighted by Gasteiger charge is 2.20. The molecule has 0 unspecified atom stereocenters. The molecule has 4 aromatic rings. The van der Waals surface area contributed by atoms with E-state index in [-0.39, 0.29) is 36.5 Å². The minimum absolute atomic E-state index is 0.00770. The molecule has 0 atom stereocenters. The summed E-state index contributed by atoms with van der Waals surface area (Å²) in [6.07, 6.45) is 10.3. The smallest absolute Gasteiger partial charge is 0.342 e. The van der Waals surface area contributed by atoms with Crippen LogP contribution in [0.4, 0.5) is 0 Å². The highest BCUT2D eigenvalue weighted by Crippen LogP contribution is 2.27. The molecule has 0 radical (unpaired) electrons. The number of aryl methyl sites for hydroxylation is 2. The molecular formula is C50H56O12. The van der Waals surface area contributed by atoms with Crippen LogP contribution in [0.25, 0.3) is 0 Å². The minimum atomic E-state index is -0.743. The Labute approximate surface area is 363 Å². The van der Waals surface area contributed by atoms with Crippen LogP contribution in [0.15, 0.2) is 122 Å². The summed E-state index contributed by atoms with van der Waals surface area (Å²) in [5.41, 5.74) is 2.55. The zero-order valence-corrected chi connectivity index (χ0v) is 35.2. The van der Waals surface area contributed by atoms with Gasteiger partial charge in [0.05, 0.1) is 26.4 Å². The molecule has 0 aliphatic rings. The van der Waals surface area contributed by atoms with Gasteiger partial charge in [0.15, 0.2) is 0 Å². The van der Waals surface area contributed by atoms with Gasteiger partial charge in [0.25, 0.3) is 0 Å². The molecule has 12 heteroatoms. The number of rotatable bonds is 29. The monoisotopic (exact) mass is 848 g/mol. The largest absolute Gasteiger partial charge is 0.494 e. The number of esters is 5. The summed E-state index contributed by atoms with van der Waals surface area (Å²) in [6, 6.07) is 28.4. The van der Waals surface area contributed by atoms with Gasteiger partial charge in [-0.2, -0.15) is 0 Å². The number of carbonyl (C=O) groups excluding carboxylic acids is 5. The first kappa shape index (κ1) is 48.0. The van der Waals surface area contributed by atoms with Crippen molar-refractivity contribution < 1.29 is 57.1 Å². The van der Waals surface area contributed by atoms with Crippen molar-refractivity contribution in [1.82, 2.24) is 0 Å². The highest BCUT2D eigenvalue weighted by molar-refractivity contribution is 5.94. The molecule has 0 spiro atoms. The van der Waals surface area contributed by atoms with Crippen LogP contribution in [-0.4, -0.2) is 56.3 Å². The molecule has 62 heavy (non-hydrogen) atoms. The fourth-order valence-corrected chi connectivity index (χ4v) is 5.93. The second-order valence-electron chi connectivity index (χ2n) is 14.2. The molecule has 0 bridgehead atoms. The van der Waals surface area contributed by atoms with Gasteiger partial charge in [-0.05, 0) is 123 Å². The van der Waals surface area contributed by atoms with E-state index < -0.39 is 29.8 Å². The summed E-state index contributed by atoms with van der Waals surface area (Å²) in [5.74, 6) is -1.07. The van der Waals surface area contributed by atoms with Gasteiger partial charge in [0, 0.05) is 25.0 Å². The Morgan fingerprint density at radius 3 is 1.44 bits per heavy atom. The summed E-state index contributed by atoms with van der Waals surface area (Å²) < 4.78 is 38.4. The van der Waals surface area contributed by atoms with Crippen molar-refractivity contribution in [2.75, 3.05) is 26.4 Å². The molecule has 0 aliphatic carbocycles. The fourth-order valence-electron chi connectivity index (χ4n) is 5.93. The van der Waals surface area contributed by atoms with E-state index in [1.54, 1.807) is 0 Å². The molecule has 4 rings (SSSR count). The zero-order valence-electron chi connectivity index (χ0n) is 35.2. The quantitative estimate of drug-likeness (QED) is 0.0168. The number of hydrogen-bond acceptors (Lipinski definition) is 12. The van der Waals surface area contributed by atoms with Crippen molar-refractivity contribution in [3.05, 3.63) is 145 Å². The van der Waals surface area contributed by atoms with Gasteiger partial charge in [0.2, 0.25) is 0 Å². The van der Waals surface area contributed by atoms with E-state index in [0.717, 1.165) is 91.7 Å². The predicted molar refractivity (Wildman–Crippen MR) is 233 cm³/mol. The van der Waals surface area contributed by atoms with Crippen LogP contribution in [0.5, 0.6) is 23.0 Å². The van der Waals surface area contributed by atoms with Crippen molar-refractivity contribution in [3.8, 4) is 23.0 Å². The Hall–Kier alpha value is -6.69. The van der Waals surface area contributed by atoms with Crippen molar-refractivity contribution in [2.24, 2.45) is 0 Å². The maximum Gasteiger partial charge on any atom is 0.342 e. The fraction of sp³-hybridized carbons (Fsp3) is 0.340. The molecule has 0 aromatic heterocycles. The second kappa shape index (κ2) is 28.0. The molecule has 0 N–H and O–H groups in total. The standard InChI is InChI=1S/C50H56O12/c1-3-46(51)58-34-14-7-5-12-32-56-41-24-18-38(19-25-41)22-30-48(53)61-43-28-29-45(44(36-43)50(55)60-37-40-16-10-9-11-17-40)62-49(54)31-23-39-20-26-42(27-21-39)57-33-13-6-8-15-35-59-47(52)4-2/h3-4,9-11,16-21,24-29,36H,1-2,5-8,12-15,22-23,30-35,37H2. The van der Waals surface area contributed by atoms with Crippen LogP contribution in [0.2, 0.25) is 0 Å². The minimum Gasteiger partial charge on any atom is -0.494 e. The molecule has 0 aliphatic heterocycles. The third-order valence-corrected chi connectivity index (χ3v) is 9.36. The number of hydrogen-bond donors (Lipinski definition) is 0. The summed E-state index contributed by atoms with van der Waals surface area (Å²) in [7, 11) is 0. The van der Waals surface area contributed by atoms with Crippen LogP contribution >= 0.6 is 0 Å². The van der Waals surface area contributed by atoms with Crippen LogP contribution in [0.3, 0.4) is 0 Å². The van der Waals surface area contributed by atoms with Crippen molar-refractivity contribution in [2.45, 2.75) is 83.7 Å². The van der Waals surface area contributed by atoms with Gasteiger partial charge in [-0.15, -0.1) is 0 Å². The van der Waals surface area contributed by atoms with Crippen molar-refractivity contribution in [3.63, 3.8) is 0 Å². The molecule has 12 nitrogen and oxygen atoms in total. The zero-order chi connectivity index (χ0) is 44.2. The molecule has 0 heterocycles. The Morgan fingerprint density at radius 2 is 0.935 bits per heavy atom. The molecule has 0 fully saturated rings. The second-order valence-corrected chi connectivity index (χ2v) is 14.2. The van der Waals surface area contributed by atoms with E-state index in [4.69, 9.17) is 33.2 Å². The predicted octanol–water partition coefficient (Wildman–Crippen LogP) is 9.46. The molecule has 0 saturated heterocycles. The number of benzene rings is 4. The lowest BCUT2D eigenvalue weighted by Gasteiger charge is -2.13. The van der Waals surface area contributed by atoms with E-state index >= 15 is 0 Å². The highest BCUT2D eigenvalue weighted by atomic mass is 16.6. The molecule has 0 saturated carbocycles. The van der Waals surface area contributed by atoms with Gasteiger partial charge in [-0.3, -0.25) is 9.59 Å². The topological polar surface area (TPSA) is 150 Å². The number of ether oxygens (including phenoxy) is 7. The molecule has 0 amide bonds. The maximum absolute atomic E-state index is 13.3. The number of unbranched alkanes of at least 4 members (excludes halogenated alkanes) is 6. The van der Waals surface area contributed by atoms with Crippen LogP contribution in [0.1, 0.15) is 91.3 Å². The Kier molecular flexibility index (Phi) is 21.6. The Bertz CT molecular complexity index is 2020. The third kappa shape index (κ3) is 19.1. The summed E-state index contributed by atoms with van der Waals surface area (Å²) in [4.78, 5) is 61.4. The SMILES string of the molecule is C=CC(=O)OCCCCCCOc1ccc(CCC(=O)Oc2ccc(OC(=O)CCc3ccc(OCCCCCCOC(=O)C=C)cc3)c(C(=O)OCc3ccccc3)c2)cc1. The van der Waals surface area contributed by atoms with Crippen molar-refractivity contribution in [1.29, 1.82) is 0 Å². The van der Waals surface area contributed by atoms with Gasteiger partial charge in [-0.25, -0.2) is 14.4 Å². The summed E-state index contributed by atoms with van der Waals surface area (Å²) >= 11 is 0. The Morgan fingerprint density at radius 1 is 0.468 bits per heavy atom. The first-order valence-electron chi connectivity index (χ1n) is 21.0. The summed E-state index contributed by atoms with van der Waals surface area (Å²) in [5, 5.41) is 0. The first-order valence-corrected chi connectivity index (χ1v) is 21.0. The van der Waals surface area contributed by atoms with Gasteiger partial charge in [0.1, 0.15) is 35.2 Å². The van der Waals surface area contributed by atoms with Crippen LogP contribution < -0.4 is 18.9 Å². The maximum atomic E-state index is 13.3. The lowest BCUT2D eigenvalue weighted by atomic mass is 10.1. The molecule has 328 valence electrons. The first-order chi connectivity index (χ1) is 30.2.